The maximum atomic E-state index is 5.28. The SMILES string of the molecule is Cc1nc(C(C)C)ccc1-c1n[nH]c(=S)n1C(C)C. The molecule has 19 heavy (non-hydrogen) atoms. The van der Waals surface area contributed by atoms with E-state index in [0.717, 1.165) is 22.8 Å². The van der Waals surface area contributed by atoms with Crippen LogP contribution in [0.4, 0.5) is 0 Å². The quantitative estimate of drug-likeness (QED) is 0.861. The maximum absolute atomic E-state index is 5.28. The lowest BCUT2D eigenvalue weighted by atomic mass is 10.1. The van der Waals surface area contributed by atoms with E-state index in [9.17, 15) is 0 Å². The number of hydrogen-bond acceptors (Lipinski definition) is 3. The number of rotatable bonds is 3. The van der Waals surface area contributed by atoms with E-state index in [2.05, 4.69) is 55.0 Å². The van der Waals surface area contributed by atoms with Gasteiger partial charge < -0.3 is 0 Å². The summed E-state index contributed by atoms with van der Waals surface area (Å²) < 4.78 is 2.67. The maximum Gasteiger partial charge on any atom is 0.195 e. The van der Waals surface area contributed by atoms with Crippen LogP contribution in [0.15, 0.2) is 12.1 Å². The van der Waals surface area contributed by atoms with Crippen molar-refractivity contribution in [2.24, 2.45) is 0 Å². The van der Waals surface area contributed by atoms with Crippen LogP contribution in [0.5, 0.6) is 0 Å². The van der Waals surface area contributed by atoms with Crippen LogP contribution in [-0.4, -0.2) is 19.7 Å². The molecule has 2 rings (SSSR count). The summed E-state index contributed by atoms with van der Waals surface area (Å²) in [5.41, 5.74) is 3.12. The average molecular weight is 276 g/mol. The second-order valence-electron chi connectivity index (χ2n) is 5.34. The Morgan fingerprint density at radius 2 is 1.89 bits per heavy atom. The van der Waals surface area contributed by atoms with Crippen molar-refractivity contribution in [3.63, 3.8) is 0 Å². The van der Waals surface area contributed by atoms with Crippen LogP contribution in [0.1, 0.15) is 51.0 Å². The van der Waals surface area contributed by atoms with Crippen molar-refractivity contribution >= 4 is 12.2 Å². The molecule has 0 fully saturated rings. The Labute approximate surface area is 118 Å². The lowest BCUT2D eigenvalue weighted by Gasteiger charge is -2.13. The minimum Gasteiger partial charge on any atom is -0.298 e. The summed E-state index contributed by atoms with van der Waals surface area (Å²) in [5, 5.41) is 7.22. The van der Waals surface area contributed by atoms with E-state index in [-0.39, 0.29) is 6.04 Å². The Bertz CT molecular complexity index is 637. The fourth-order valence-corrected chi connectivity index (χ4v) is 2.46. The minimum atomic E-state index is 0.269. The van der Waals surface area contributed by atoms with Crippen LogP contribution in [0.2, 0.25) is 0 Å². The molecule has 2 aromatic heterocycles. The largest absolute Gasteiger partial charge is 0.298 e. The normalized spacial score (nSPS) is 11.5. The van der Waals surface area contributed by atoms with Crippen molar-refractivity contribution in [1.29, 1.82) is 0 Å². The molecule has 0 bridgehead atoms. The van der Waals surface area contributed by atoms with Crippen molar-refractivity contribution in [3.8, 4) is 11.4 Å². The van der Waals surface area contributed by atoms with E-state index in [1.165, 1.54) is 0 Å². The Morgan fingerprint density at radius 3 is 2.42 bits per heavy atom. The third-order valence-electron chi connectivity index (χ3n) is 3.16. The van der Waals surface area contributed by atoms with Crippen molar-refractivity contribution in [2.45, 2.75) is 46.6 Å². The molecular formula is C14H20N4S. The molecule has 0 atom stereocenters. The molecule has 0 aliphatic heterocycles. The first-order valence-electron chi connectivity index (χ1n) is 6.56. The van der Waals surface area contributed by atoms with Crippen LogP contribution in [0, 0.1) is 11.7 Å². The number of hydrogen-bond donors (Lipinski definition) is 1. The third kappa shape index (κ3) is 2.61. The van der Waals surface area contributed by atoms with Gasteiger partial charge in [-0.3, -0.25) is 14.6 Å². The average Bonchev–Trinajstić information content (AvgIpc) is 2.70. The van der Waals surface area contributed by atoms with E-state index in [0.29, 0.717) is 10.7 Å². The van der Waals surface area contributed by atoms with E-state index < -0.39 is 0 Å². The van der Waals surface area contributed by atoms with Gasteiger partial charge in [-0.25, -0.2) is 0 Å². The lowest BCUT2D eigenvalue weighted by Crippen LogP contribution is -2.05. The van der Waals surface area contributed by atoms with Gasteiger partial charge in [0.1, 0.15) is 0 Å². The van der Waals surface area contributed by atoms with Crippen molar-refractivity contribution in [2.75, 3.05) is 0 Å². The van der Waals surface area contributed by atoms with Crippen LogP contribution in [0.25, 0.3) is 11.4 Å². The number of nitrogens with one attached hydrogen (secondary N) is 1. The van der Waals surface area contributed by atoms with Crippen molar-refractivity contribution < 1.29 is 0 Å². The third-order valence-corrected chi connectivity index (χ3v) is 3.45. The van der Waals surface area contributed by atoms with Gasteiger partial charge in [-0.15, -0.1) is 0 Å². The molecule has 0 saturated heterocycles. The first kappa shape index (κ1) is 13.9. The van der Waals surface area contributed by atoms with E-state index in [4.69, 9.17) is 12.2 Å². The second-order valence-corrected chi connectivity index (χ2v) is 5.73. The molecule has 0 radical (unpaired) electrons. The summed E-state index contributed by atoms with van der Waals surface area (Å²) in [6.45, 7) is 10.5. The highest BCUT2D eigenvalue weighted by Gasteiger charge is 2.15. The van der Waals surface area contributed by atoms with Crippen molar-refractivity contribution in [1.82, 2.24) is 19.7 Å². The predicted molar refractivity (Wildman–Crippen MR) is 79.9 cm³/mol. The minimum absolute atomic E-state index is 0.269. The van der Waals surface area contributed by atoms with Gasteiger partial charge in [0.2, 0.25) is 0 Å². The molecule has 0 aromatic carbocycles. The smallest absolute Gasteiger partial charge is 0.195 e. The van der Waals surface area contributed by atoms with E-state index in [1.54, 1.807) is 0 Å². The summed E-state index contributed by atoms with van der Waals surface area (Å²) in [5.74, 6) is 1.29. The molecule has 5 heteroatoms. The zero-order valence-corrected chi connectivity index (χ0v) is 12.9. The van der Waals surface area contributed by atoms with Crippen LogP contribution in [-0.2, 0) is 0 Å². The van der Waals surface area contributed by atoms with Gasteiger partial charge in [-0.2, -0.15) is 5.10 Å². The highest BCUT2D eigenvalue weighted by Crippen LogP contribution is 2.25. The predicted octanol–water partition coefficient (Wildman–Crippen LogP) is 4.02. The number of H-pyrrole nitrogens is 1. The Morgan fingerprint density at radius 1 is 1.21 bits per heavy atom. The molecule has 0 amide bonds. The number of aryl methyl sites for hydroxylation is 1. The highest BCUT2D eigenvalue weighted by molar-refractivity contribution is 7.71. The van der Waals surface area contributed by atoms with Crippen LogP contribution >= 0.6 is 12.2 Å². The van der Waals surface area contributed by atoms with Gasteiger partial charge in [-0.05, 0) is 51.0 Å². The number of pyridine rings is 1. The van der Waals surface area contributed by atoms with Gasteiger partial charge >= 0.3 is 0 Å². The second kappa shape index (κ2) is 5.25. The fourth-order valence-electron chi connectivity index (χ4n) is 2.11. The molecule has 0 aliphatic carbocycles. The van der Waals surface area contributed by atoms with Gasteiger partial charge in [0.25, 0.3) is 0 Å². The molecule has 0 saturated carbocycles. The van der Waals surface area contributed by atoms with E-state index >= 15 is 0 Å². The summed E-state index contributed by atoms with van der Waals surface area (Å²) in [6.07, 6.45) is 0. The molecule has 2 heterocycles. The summed E-state index contributed by atoms with van der Waals surface area (Å²) in [7, 11) is 0. The van der Waals surface area contributed by atoms with Gasteiger partial charge in [0, 0.05) is 23.0 Å². The first-order valence-corrected chi connectivity index (χ1v) is 6.97. The Hall–Kier alpha value is -1.49. The number of aromatic amines is 1. The zero-order valence-electron chi connectivity index (χ0n) is 12.1. The number of aromatic nitrogens is 4. The molecule has 1 N–H and O–H groups in total. The van der Waals surface area contributed by atoms with E-state index in [1.807, 2.05) is 11.5 Å². The Kier molecular flexibility index (Phi) is 3.85. The zero-order chi connectivity index (χ0) is 14.2. The lowest BCUT2D eigenvalue weighted by molar-refractivity contribution is 0.596. The summed E-state index contributed by atoms with van der Waals surface area (Å²) in [4.78, 5) is 4.66. The summed E-state index contributed by atoms with van der Waals surface area (Å²) in [6, 6.07) is 4.42. The molecule has 2 aromatic rings. The first-order chi connectivity index (χ1) is 8.91. The number of nitrogens with zero attached hydrogens (tertiary/aromatic N) is 3. The van der Waals surface area contributed by atoms with Gasteiger partial charge in [0.05, 0.1) is 0 Å². The Balaban J connectivity index is 2.57. The molecular weight excluding hydrogens is 256 g/mol. The van der Waals surface area contributed by atoms with Crippen LogP contribution in [0.3, 0.4) is 0 Å². The standard InChI is InChI=1S/C14H20N4S/c1-8(2)12-7-6-11(10(5)15-12)13-16-17-14(19)18(13)9(3)4/h6-9H,1-5H3,(H,17,19). The topological polar surface area (TPSA) is 46.5 Å². The molecule has 0 spiro atoms. The molecule has 102 valence electrons. The molecule has 4 nitrogen and oxygen atoms in total. The van der Waals surface area contributed by atoms with Gasteiger partial charge in [-0.1, -0.05) is 13.8 Å². The fraction of sp³-hybridized carbons (Fsp3) is 0.500. The van der Waals surface area contributed by atoms with Crippen molar-refractivity contribution in [3.05, 3.63) is 28.3 Å². The monoisotopic (exact) mass is 276 g/mol. The molecule has 0 unspecified atom stereocenters. The van der Waals surface area contributed by atoms with Crippen LogP contribution < -0.4 is 0 Å². The molecule has 0 aliphatic rings. The summed E-state index contributed by atoms with van der Waals surface area (Å²) >= 11 is 5.28. The van der Waals surface area contributed by atoms with Gasteiger partial charge in [0.15, 0.2) is 10.6 Å². The highest BCUT2D eigenvalue weighted by atomic mass is 32.1.